The van der Waals surface area contributed by atoms with E-state index in [1.54, 1.807) is 6.20 Å². The number of hydrogen-bond acceptors (Lipinski definition) is 3. The normalized spacial score (nSPS) is 19.0. The number of nitrogens with zero attached hydrogens (tertiary/aromatic N) is 3. The molecule has 2 heterocycles. The van der Waals surface area contributed by atoms with E-state index in [4.69, 9.17) is 0 Å². The number of hydrogen-bond donors (Lipinski definition) is 0. The largest absolute Gasteiger partial charge is 0.351 e. The molecule has 0 fully saturated rings. The van der Waals surface area contributed by atoms with Gasteiger partial charge in [-0.15, -0.1) is 0 Å². The van der Waals surface area contributed by atoms with Crippen LogP contribution in [0.4, 0.5) is 5.69 Å². The van der Waals surface area contributed by atoms with Gasteiger partial charge in [0, 0.05) is 42.3 Å². The Morgan fingerprint density at radius 1 is 1.32 bits per heavy atom. The number of aryl methyl sites for hydroxylation is 1. The molecule has 0 saturated carbocycles. The van der Waals surface area contributed by atoms with Crippen LogP contribution in [0.25, 0.3) is 5.57 Å². The molecule has 22 heavy (non-hydrogen) atoms. The zero-order valence-electron chi connectivity index (χ0n) is 13.3. The number of benzene rings is 1. The Morgan fingerprint density at radius 3 is 2.77 bits per heavy atom. The maximum absolute atomic E-state index is 12.4. The molecule has 1 aliphatic heterocycles. The summed E-state index contributed by atoms with van der Waals surface area (Å²) in [5, 5.41) is 0. The van der Waals surface area contributed by atoms with Gasteiger partial charge in [-0.05, 0) is 38.8 Å². The van der Waals surface area contributed by atoms with E-state index in [2.05, 4.69) is 35.1 Å². The minimum atomic E-state index is 0.0745. The first-order valence-corrected chi connectivity index (χ1v) is 7.65. The van der Waals surface area contributed by atoms with Gasteiger partial charge in [-0.25, -0.2) is 4.98 Å². The number of rotatable bonds is 2. The predicted molar refractivity (Wildman–Crippen MR) is 90.0 cm³/mol. The summed E-state index contributed by atoms with van der Waals surface area (Å²) in [6.07, 6.45) is 5.68. The minimum absolute atomic E-state index is 0.0745. The molecule has 2 aromatic rings. The van der Waals surface area contributed by atoms with Crippen LogP contribution in [0.1, 0.15) is 37.2 Å². The Labute approximate surface area is 130 Å². The molecule has 4 nitrogen and oxygen atoms in total. The summed E-state index contributed by atoms with van der Waals surface area (Å²) < 4.78 is 1.84. The summed E-state index contributed by atoms with van der Waals surface area (Å²) in [5.41, 5.74) is 3.01. The van der Waals surface area contributed by atoms with Crippen molar-refractivity contribution >= 4 is 11.3 Å². The Balaban J connectivity index is 2.04. The first kappa shape index (κ1) is 14.6. The topological polar surface area (TPSA) is 38.1 Å². The summed E-state index contributed by atoms with van der Waals surface area (Å²) >= 11 is 0. The van der Waals surface area contributed by atoms with E-state index >= 15 is 0 Å². The molecule has 1 aliphatic rings. The third-order valence-corrected chi connectivity index (χ3v) is 4.24. The van der Waals surface area contributed by atoms with Crippen molar-refractivity contribution in [1.82, 2.24) is 9.55 Å². The summed E-state index contributed by atoms with van der Waals surface area (Å²) in [4.78, 5) is 19.0. The lowest BCUT2D eigenvalue weighted by Crippen LogP contribution is -2.32. The summed E-state index contributed by atoms with van der Waals surface area (Å²) in [5.74, 6) is 0.803. The van der Waals surface area contributed by atoms with Crippen LogP contribution in [0.3, 0.4) is 0 Å². The van der Waals surface area contributed by atoms with Crippen molar-refractivity contribution in [3.8, 4) is 0 Å². The van der Waals surface area contributed by atoms with Gasteiger partial charge in [0.05, 0.1) is 0 Å². The van der Waals surface area contributed by atoms with E-state index in [9.17, 15) is 4.79 Å². The molecular formula is C18H21N3O. The highest BCUT2D eigenvalue weighted by Gasteiger charge is 2.23. The molecule has 1 unspecified atom stereocenters. The van der Waals surface area contributed by atoms with Gasteiger partial charge >= 0.3 is 0 Å². The van der Waals surface area contributed by atoms with E-state index in [0.29, 0.717) is 5.56 Å². The van der Waals surface area contributed by atoms with E-state index in [-0.39, 0.29) is 11.6 Å². The lowest BCUT2D eigenvalue weighted by Gasteiger charge is -2.27. The molecule has 4 heteroatoms. The van der Waals surface area contributed by atoms with Crippen molar-refractivity contribution < 1.29 is 0 Å². The van der Waals surface area contributed by atoms with Gasteiger partial charge in [0.25, 0.3) is 5.56 Å². The molecule has 0 N–H and O–H groups in total. The Hall–Kier alpha value is -2.36. The van der Waals surface area contributed by atoms with E-state index in [1.165, 1.54) is 0 Å². The standard InChI is InChI=1S/C18H21N3O/c1-13-11-19-17-15(10-9-14(2)21(17)18(13)22)12-20(3)16-7-5-4-6-8-16/h4-8,11-12,14H,9-10H2,1-3H3/b15-12+. The Morgan fingerprint density at radius 2 is 2.05 bits per heavy atom. The lowest BCUT2D eigenvalue weighted by molar-refractivity contribution is 0.461. The van der Waals surface area contributed by atoms with Crippen LogP contribution in [0, 0.1) is 6.92 Å². The van der Waals surface area contributed by atoms with Crippen LogP contribution in [0.2, 0.25) is 0 Å². The second-order valence-corrected chi connectivity index (χ2v) is 5.93. The SMILES string of the molecule is Cc1cnc2n(c1=O)C(C)CC/C2=C\N(C)c1ccccc1. The summed E-state index contributed by atoms with van der Waals surface area (Å²) in [7, 11) is 2.02. The Kier molecular flexibility index (Phi) is 3.84. The van der Waals surface area contributed by atoms with Gasteiger partial charge in [0.2, 0.25) is 0 Å². The molecule has 0 aliphatic carbocycles. The number of fused-ring (bicyclic) bond motifs is 1. The van der Waals surface area contributed by atoms with Crippen molar-refractivity contribution in [3.63, 3.8) is 0 Å². The first-order valence-electron chi connectivity index (χ1n) is 7.65. The highest BCUT2D eigenvalue weighted by atomic mass is 16.1. The van der Waals surface area contributed by atoms with E-state index in [0.717, 1.165) is 29.9 Å². The molecule has 0 saturated heterocycles. The monoisotopic (exact) mass is 295 g/mol. The van der Waals surface area contributed by atoms with Crippen LogP contribution >= 0.6 is 0 Å². The lowest BCUT2D eigenvalue weighted by atomic mass is 10.0. The molecule has 114 valence electrons. The van der Waals surface area contributed by atoms with Gasteiger partial charge < -0.3 is 4.90 Å². The maximum atomic E-state index is 12.4. The van der Waals surface area contributed by atoms with Crippen LogP contribution in [0.15, 0.2) is 47.5 Å². The van der Waals surface area contributed by atoms with Crippen LogP contribution in [0.5, 0.6) is 0 Å². The smallest absolute Gasteiger partial charge is 0.256 e. The predicted octanol–water partition coefficient (Wildman–Crippen LogP) is 3.38. The van der Waals surface area contributed by atoms with Crippen molar-refractivity contribution in [2.75, 3.05) is 11.9 Å². The van der Waals surface area contributed by atoms with E-state index < -0.39 is 0 Å². The quantitative estimate of drug-likeness (QED) is 0.852. The molecule has 0 radical (unpaired) electrons. The van der Waals surface area contributed by atoms with Crippen molar-refractivity contribution in [2.24, 2.45) is 0 Å². The van der Waals surface area contributed by atoms with Crippen LogP contribution in [-0.4, -0.2) is 16.6 Å². The van der Waals surface area contributed by atoms with Gasteiger partial charge in [0.1, 0.15) is 5.82 Å². The average Bonchev–Trinajstić information content (AvgIpc) is 2.54. The summed E-state index contributed by atoms with van der Waals surface area (Å²) in [6, 6.07) is 10.4. The zero-order valence-corrected chi connectivity index (χ0v) is 13.3. The fourth-order valence-electron chi connectivity index (χ4n) is 2.91. The molecule has 1 atom stereocenters. The highest BCUT2D eigenvalue weighted by molar-refractivity contribution is 5.65. The third-order valence-electron chi connectivity index (χ3n) is 4.24. The second-order valence-electron chi connectivity index (χ2n) is 5.93. The van der Waals surface area contributed by atoms with Gasteiger partial charge in [-0.3, -0.25) is 9.36 Å². The Bertz CT molecular complexity index is 762. The van der Waals surface area contributed by atoms with Gasteiger partial charge in [0.15, 0.2) is 0 Å². The molecule has 1 aromatic heterocycles. The van der Waals surface area contributed by atoms with Gasteiger partial charge in [-0.2, -0.15) is 0 Å². The summed E-state index contributed by atoms with van der Waals surface area (Å²) in [6.45, 7) is 3.91. The van der Waals surface area contributed by atoms with Crippen molar-refractivity contribution in [1.29, 1.82) is 0 Å². The molecule has 1 aromatic carbocycles. The number of para-hydroxylation sites is 1. The van der Waals surface area contributed by atoms with Crippen LogP contribution in [-0.2, 0) is 0 Å². The third kappa shape index (κ3) is 2.56. The highest BCUT2D eigenvalue weighted by Crippen LogP contribution is 2.30. The van der Waals surface area contributed by atoms with Crippen molar-refractivity contribution in [3.05, 3.63) is 64.5 Å². The minimum Gasteiger partial charge on any atom is -0.351 e. The fourth-order valence-corrected chi connectivity index (χ4v) is 2.91. The molecule has 3 rings (SSSR count). The second kappa shape index (κ2) is 5.79. The van der Waals surface area contributed by atoms with Crippen LogP contribution < -0.4 is 10.5 Å². The molecule has 0 spiro atoms. The number of aromatic nitrogens is 2. The zero-order chi connectivity index (χ0) is 15.7. The fraction of sp³-hybridized carbons (Fsp3) is 0.333. The maximum Gasteiger partial charge on any atom is 0.256 e. The average molecular weight is 295 g/mol. The number of anilines is 1. The first-order chi connectivity index (χ1) is 10.6. The molecule has 0 amide bonds. The molecule has 0 bridgehead atoms. The van der Waals surface area contributed by atoms with Gasteiger partial charge in [-0.1, -0.05) is 18.2 Å². The van der Waals surface area contributed by atoms with Crippen molar-refractivity contribution in [2.45, 2.75) is 32.7 Å². The molecular weight excluding hydrogens is 274 g/mol. The van der Waals surface area contributed by atoms with E-state index in [1.807, 2.05) is 36.7 Å². The number of allylic oxidation sites excluding steroid dienone is 1.